The minimum Gasteiger partial charge on any atom is -0.444 e. The number of hydrogen-bond acceptors (Lipinski definition) is 3. The lowest BCUT2D eigenvalue weighted by Crippen LogP contribution is -2.30. The SMILES string of the molecule is O=C(OCc1cccnc1)N(Cc1ccccc1)c1ccccc1. The lowest BCUT2D eigenvalue weighted by molar-refractivity contribution is 0.146. The predicted octanol–water partition coefficient (Wildman–Crippen LogP) is 4.43. The molecular formula is C20H18N2O2. The van der Waals surface area contributed by atoms with Crippen molar-refractivity contribution >= 4 is 11.8 Å². The molecule has 3 aromatic rings. The number of carbonyl (C=O) groups excluding carboxylic acids is 1. The van der Waals surface area contributed by atoms with Crippen LogP contribution in [0.25, 0.3) is 0 Å². The number of anilines is 1. The fourth-order valence-electron chi connectivity index (χ4n) is 2.34. The molecule has 2 aromatic carbocycles. The minimum atomic E-state index is -0.381. The number of rotatable bonds is 5. The van der Waals surface area contributed by atoms with Crippen LogP contribution in [0, 0.1) is 0 Å². The Morgan fingerprint density at radius 3 is 2.21 bits per heavy atom. The van der Waals surface area contributed by atoms with Crippen LogP contribution >= 0.6 is 0 Å². The van der Waals surface area contributed by atoms with E-state index in [0.29, 0.717) is 6.54 Å². The molecule has 0 saturated carbocycles. The number of amides is 1. The van der Waals surface area contributed by atoms with Crippen molar-refractivity contribution in [1.82, 2.24) is 4.98 Å². The van der Waals surface area contributed by atoms with Crippen LogP contribution in [-0.2, 0) is 17.9 Å². The van der Waals surface area contributed by atoms with Crippen LogP contribution in [0.2, 0.25) is 0 Å². The average Bonchev–Trinajstić information content (AvgIpc) is 2.66. The average molecular weight is 318 g/mol. The molecule has 3 rings (SSSR count). The third-order valence-electron chi connectivity index (χ3n) is 3.56. The molecule has 4 heteroatoms. The quantitative estimate of drug-likeness (QED) is 0.699. The third kappa shape index (κ3) is 4.20. The molecule has 0 radical (unpaired) electrons. The van der Waals surface area contributed by atoms with Gasteiger partial charge in [0, 0.05) is 23.6 Å². The second-order valence-electron chi connectivity index (χ2n) is 5.32. The van der Waals surface area contributed by atoms with Gasteiger partial charge in [-0.2, -0.15) is 0 Å². The number of carbonyl (C=O) groups is 1. The largest absolute Gasteiger partial charge is 0.444 e. The molecular weight excluding hydrogens is 300 g/mol. The first-order valence-electron chi connectivity index (χ1n) is 7.75. The maximum Gasteiger partial charge on any atom is 0.414 e. The summed E-state index contributed by atoms with van der Waals surface area (Å²) in [5.74, 6) is 0. The lowest BCUT2D eigenvalue weighted by Gasteiger charge is -2.22. The Morgan fingerprint density at radius 2 is 1.54 bits per heavy atom. The first kappa shape index (κ1) is 15.7. The summed E-state index contributed by atoms with van der Waals surface area (Å²) in [5.41, 5.74) is 2.70. The van der Waals surface area contributed by atoms with Gasteiger partial charge in [0.05, 0.1) is 6.54 Å². The van der Waals surface area contributed by atoms with Crippen molar-refractivity contribution in [2.45, 2.75) is 13.2 Å². The van der Waals surface area contributed by atoms with E-state index in [1.807, 2.05) is 72.8 Å². The molecule has 0 atom stereocenters. The Kier molecular flexibility index (Phi) is 5.20. The van der Waals surface area contributed by atoms with E-state index in [0.717, 1.165) is 16.8 Å². The normalized spacial score (nSPS) is 10.2. The van der Waals surface area contributed by atoms with Crippen LogP contribution in [0.3, 0.4) is 0 Å². The lowest BCUT2D eigenvalue weighted by atomic mass is 10.2. The topological polar surface area (TPSA) is 42.4 Å². The Morgan fingerprint density at radius 1 is 0.875 bits per heavy atom. The zero-order valence-corrected chi connectivity index (χ0v) is 13.2. The molecule has 4 nitrogen and oxygen atoms in total. The monoisotopic (exact) mass is 318 g/mol. The summed E-state index contributed by atoms with van der Waals surface area (Å²) in [5, 5.41) is 0. The van der Waals surface area contributed by atoms with Crippen LogP contribution in [0.5, 0.6) is 0 Å². The number of hydrogen-bond donors (Lipinski definition) is 0. The van der Waals surface area contributed by atoms with Gasteiger partial charge in [0.25, 0.3) is 0 Å². The van der Waals surface area contributed by atoms with E-state index >= 15 is 0 Å². The molecule has 1 aromatic heterocycles. The highest BCUT2D eigenvalue weighted by Crippen LogP contribution is 2.18. The van der Waals surface area contributed by atoms with Gasteiger partial charge in [-0.3, -0.25) is 9.88 Å². The van der Waals surface area contributed by atoms with Crippen molar-refractivity contribution in [3.63, 3.8) is 0 Å². The van der Waals surface area contributed by atoms with Crippen molar-refractivity contribution < 1.29 is 9.53 Å². The maximum absolute atomic E-state index is 12.6. The highest BCUT2D eigenvalue weighted by molar-refractivity contribution is 5.87. The molecule has 0 unspecified atom stereocenters. The van der Waals surface area contributed by atoms with Crippen LogP contribution in [0.1, 0.15) is 11.1 Å². The van der Waals surface area contributed by atoms with Gasteiger partial charge < -0.3 is 4.74 Å². The van der Waals surface area contributed by atoms with Gasteiger partial charge in [0.15, 0.2) is 0 Å². The molecule has 0 aliphatic carbocycles. The molecule has 0 spiro atoms. The van der Waals surface area contributed by atoms with E-state index in [4.69, 9.17) is 4.74 Å². The molecule has 0 fully saturated rings. The number of aromatic nitrogens is 1. The van der Waals surface area contributed by atoms with Gasteiger partial charge in [-0.05, 0) is 23.8 Å². The van der Waals surface area contributed by atoms with Gasteiger partial charge in [0.2, 0.25) is 0 Å². The third-order valence-corrected chi connectivity index (χ3v) is 3.56. The molecule has 24 heavy (non-hydrogen) atoms. The van der Waals surface area contributed by atoms with Gasteiger partial charge >= 0.3 is 6.09 Å². The van der Waals surface area contributed by atoms with E-state index in [9.17, 15) is 4.79 Å². The van der Waals surface area contributed by atoms with E-state index in [1.54, 1.807) is 17.3 Å². The van der Waals surface area contributed by atoms with Gasteiger partial charge in [-0.15, -0.1) is 0 Å². The first-order valence-corrected chi connectivity index (χ1v) is 7.75. The summed E-state index contributed by atoms with van der Waals surface area (Å²) in [6.07, 6.45) is 3.00. The molecule has 0 saturated heterocycles. The Bertz CT molecular complexity index is 761. The van der Waals surface area contributed by atoms with Crippen LogP contribution in [0.4, 0.5) is 10.5 Å². The van der Waals surface area contributed by atoms with Gasteiger partial charge in [0.1, 0.15) is 6.61 Å². The number of ether oxygens (including phenoxy) is 1. The van der Waals surface area contributed by atoms with Gasteiger partial charge in [-0.1, -0.05) is 54.6 Å². The fraction of sp³-hybridized carbons (Fsp3) is 0.100. The number of benzene rings is 2. The van der Waals surface area contributed by atoms with Crippen LogP contribution in [0.15, 0.2) is 85.2 Å². The molecule has 0 bridgehead atoms. The summed E-state index contributed by atoms with van der Waals surface area (Å²) in [7, 11) is 0. The van der Waals surface area contributed by atoms with Crippen molar-refractivity contribution in [3.05, 3.63) is 96.3 Å². The molecule has 0 N–H and O–H groups in total. The van der Waals surface area contributed by atoms with E-state index < -0.39 is 0 Å². The fourth-order valence-corrected chi connectivity index (χ4v) is 2.34. The van der Waals surface area contributed by atoms with Crippen molar-refractivity contribution in [3.8, 4) is 0 Å². The predicted molar refractivity (Wildman–Crippen MR) is 93.5 cm³/mol. The molecule has 0 aliphatic rings. The standard InChI is InChI=1S/C20H18N2O2/c23-20(24-16-18-10-7-13-21-14-18)22(19-11-5-2-6-12-19)15-17-8-3-1-4-9-17/h1-14H,15-16H2. The molecule has 0 aliphatic heterocycles. The highest BCUT2D eigenvalue weighted by atomic mass is 16.6. The van der Waals surface area contributed by atoms with E-state index in [1.165, 1.54) is 0 Å². The summed E-state index contributed by atoms with van der Waals surface area (Å²) >= 11 is 0. The summed E-state index contributed by atoms with van der Waals surface area (Å²) in [6.45, 7) is 0.654. The number of nitrogens with zero attached hydrogens (tertiary/aromatic N) is 2. The van der Waals surface area contributed by atoms with Crippen molar-refractivity contribution in [2.75, 3.05) is 4.90 Å². The van der Waals surface area contributed by atoms with Crippen LogP contribution in [-0.4, -0.2) is 11.1 Å². The highest BCUT2D eigenvalue weighted by Gasteiger charge is 2.17. The van der Waals surface area contributed by atoms with Crippen molar-refractivity contribution in [2.24, 2.45) is 0 Å². The summed E-state index contributed by atoms with van der Waals surface area (Å²) in [6, 6.07) is 23.1. The first-order chi connectivity index (χ1) is 11.8. The second-order valence-corrected chi connectivity index (χ2v) is 5.32. The smallest absolute Gasteiger partial charge is 0.414 e. The molecule has 1 amide bonds. The number of para-hydroxylation sites is 1. The Hall–Kier alpha value is -3.14. The van der Waals surface area contributed by atoms with Crippen LogP contribution < -0.4 is 4.90 Å². The van der Waals surface area contributed by atoms with E-state index in [-0.39, 0.29) is 12.7 Å². The maximum atomic E-state index is 12.6. The van der Waals surface area contributed by atoms with Crippen molar-refractivity contribution in [1.29, 1.82) is 0 Å². The summed E-state index contributed by atoms with van der Waals surface area (Å²) in [4.78, 5) is 18.3. The number of pyridine rings is 1. The Balaban J connectivity index is 1.75. The van der Waals surface area contributed by atoms with Gasteiger partial charge in [-0.25, -0.2) is 4.79 Å². The molecule has 120 valence electrons. The summed E-state index contributed by atoms with van der Waals surface area (Å²) < 4.78 is 5.46. The molecule has 1 heterocycles. The Labute approximate surface area is 141 Å². The minimum absolute atomic E-state index is 0.199. The second kappa shape index (κ2) is 7.92. The zero-order valence-electron chi connectivity index (χ0n) is 13.2. The van der Waals surface area contributed by atoms with E-state index in [2.05, 4.69) is 4.98 Å². The zero-order chi connectivity index (χ0) is 16.6.